The Hall–Kier alpha value is -2.69. The molecule has 100 valence electrons. The molecule has 2 N–H and O–H groups in total. The van der Waals surface area contributed by atoms with Crippen molar-refractivity contribution in [1.82, 2.24) is 4.57 Å². The molecule has 5 heteroatoms. The van der Waals surface area contributed by atoms with Crippen LogP contribution in [-0.4, -0.2) is 10.5 Å². The lowest BCUT2D eigenvalue weighted by molar-refractivity contribution is 0.100. The van der Waals surface area contributed by atoms with Gasteiger partial charge in [-0.2, -0.15) is 0 Å². The van der Waals surface area contributed by atoms with E-state index in [1.165, 1.54) is 12.1 Å². The predicted octanol–water partition coefficient (Wildman–Crippen LogP) is 3.01. The molecule has 3 rings (SSSR count). The number of fused-ring (bicyclic) bond motifs is 1. The Bertz CT molecular complexity index is 804. The van der Waals surface area contributed by atoms with Crippen LogP contribution in [0.25, 0.3) is 16.6 Å². The van der Waals surface area contributed by atoms with Crippen molar-refractivity contribution in [2.24, 2.45) is 5.73 Å². The summed E-state index contributed by atoms with van der Waals surface area (Å²) in [5.41, 5.74) is 6.69. The Morgan fingerprint density at radius 2 is 1.75 bits per heavy atom. The van der Waals surface area contributed by atoms with Gasteiger partial charge in [-0.05, 0) is 30.3 Å². The quantitative estimate of drug-likeness (QED) is 0.766. The molecule has 0 bridgehead atoms. The maximum absolute atomic E-state index is 13.3. The Kier molecular flexibility index (Phi) is 2.75. The number of amides is 1. The van der Waals surface area contributed by atoms with Gasteiger partial charge in [0.1, 0.15) is 11.6 Å². The number of rotatable bonds is 2. The van der Waals surface area contributed by atoms with Crippen molar-refractivity contribution >= 4 is 16.8 Å². The molecule has 0 aliphatic heterocycles. The lowest BCUT2D eigenvalue weighted by Crippen LogP contribution is -2.11. The largest absolute Gasteiger partial charge is 0.366 e. The lowest BCUT2D eigenvalue weighted by Gasteiger charge is -2.07. The van der Waals surface area contributed by atoms with Gasteiger partial charge in [0.2, 0.25) is 5.91 Å². The van der Waals surface area contributed by atoms with Gasteiger partial charge in [-0.25, -0.2) is 8.78 Å². The van der Waals surface area contributed by atoms with Crippen LogP contribution in [0.15, 0.2) is 48.7 Å². The molecule has 3 aromatic rings. The van der Waals surface area contributed by atoms with E-state index in [1.807, 2.05) is 0 Å². The molecule has 2 aromatic carbocycles. The average Bonchev–Trinajstić information content (AvgIpc) is 2.80. The zero-order valence-electron chi connectivity index (χ0n) is 10.3. The molecule has 0 saturated heterocycles. The third-order valence-electron chi connectivity index (χ3n) is 3.12. The topological polar surface area (TPSA) is 48.0 Å². The molecule has 0 atom stereocenters. The van der Waals surface area contributed by atoms with Crippen LogP contribution in [-0.2, 0) is 0 Å². The minimum Gasteiger partial charge on any atom is -0.366 e. The van der Waals surface area contributed by atoms with Crippen LogP contribution >= 0.6 is 0 Å². The molecule has 0 radical (unpaired) electrons. The van der Waals surface area contributed by atoms with Gasteiger partial charge in [0, 0.05) is 23.2 Å². The summed E-state index contributed by atoms with van der Waals surface area (Å²) in [6.07, 6.45) is 1.64. The molecular formula is C15H10F2N2O. The predicted molar refractivity (Wildman–Crippen MR) is 71.7 cm³/mol. The van der Waals surface area contributed by atoms with Crippen molar-refractivity contribution in [1.29, 1.82) is 0 Å². The van der Waals surface area contributed by atoms with E-state index < -0.39 is 17.5 Å². The molecular weight excluding hydrogens is 262 g/mol. The molecule has 0 aliphatic rings. The second kappa shape index (κ2) is 4.45. The van der Waals surface area contributed by atoms with Gasteiger partial charge in [0.05, 0.1) is 11.2 Å². The van der Waals surface area contributed by atoms with E-state index in [2.05, 4.69) is 0 Å². The van der Waals surface area contributed by atoms with E-state index in [4.69, 9.17) is 5.73 Å². The normalized spacial score (nSPS) is 10.9. The first kappa shape index (κ1) is 12.3. The number of carbonyl (C=O) groups excluding carboxylic acids is 1. The van der Waals surface area contributed by atoms with Crippen molar-refractivity contribution in [2.75, 3.05) is 0 Å². The summed E-state index contributed by atoms with van der Waals surface area (Å²) in [6, 6.07) is 9.99. The smallest absolute Gasteiger partial charge is 0.249 e. The average molecular weight is 272 g/mol. The highest BCUT2D eigenvalue weighted by Gasteiger charge is 2.11. The summed E-state index contributed by atoms with van der Waals surface area (Å²) in [4.78, 5) is 11.4. The number of primary amides is 1. The zero-order valence-corrected chi connectivity index (χ0v) is 10.3. The van der Waals surface area contributed by atoms with Crippen LogP contribution in [0.3, 0.4) is 0 Å². The molecule has 0 saturated carbocycles. The van der Waals surface area contributed by atoms with Crippen molar-refractivity contribution in [3.8, 4) is 5.69 Å². The van der Waals surface area contributed by atoms with E-state index in [0.717, 1.165) is 6.07 Å². The van der Waals surface area contributed by atoms with Gasteiger partial charge in [0.15, 0.2) is 0 Å². The third-order valence-corrected chi connectivity index (χ3v) is 3.12. The Morgan fingerprint density at radius 1 is 1.05 bits per heavy atom. The molecule has 1 heterocycles. The van der Waals surface area contributed by atoms with Crippen LogP contribution in [0.1, 0.15) is 10.4 Å². The number of aromatic nitrogens is 1. The highest BCUT2D eigenvalue weighted by Crippen LogP contribution is 2.24. The summed E-state index contributed by atoms with van der Waals surface area (Å²) in [5, 5.41) is 0.643. The summed E-state index contributed by atoms with van der Waals surface area (Å²) in [7, 11) is 0. The van der Waals surface area contributed by atoms with Crippen molar-refractivity contribution in [3.63, 3.8) is 0 Å². The van der Waals surface area contributed by atoms with Crippen LogP contribution < -0.4 is 5.73 Å². The summed E-state index contributed by atoms with van der Waals surface area (Å²) in [5.74, 6) is -1.86. The minimum atomic E-state index is -0.659. The fraction of sp³-hybridized carbons (Fsp3) is 0. The van der Waals surface area contributed by atoms with E-state index in [1.54, 1.807) is 35.0 Å². The molecule has 3 nitrogen and oxygen atoms in total. The standard InChI is InChI=1S/C15H10F2N2O/c16-9-6-10(17)8-11(7-9)19-5-4-12-13(15(18)20)2-1-3-14(12)19/h1-8H,(H2,18,20). The van der Waals surface area contributed by atoms with Crippen molar-refractivity contribution in [2.45, 2.75) is 0 Å². The fourth-order valence-corrected chi connectivity index (χ4v) is 2.29. The van der Waals surface area contributed by atoms with Gasteiger partial charge in [-0.1, -0.05) is 6.07 Å². The SMILES string of the molecule is NC(=O)c1cccc2c1ccn2-c1cc(F)cc(F)c1. The Balaban J connectivity index is 2.28. The van der Waals surface area contributed by atoms with Gasteiger partial charge in [0.25, 0.3) is 0 Å². The fourth-order valence-electron chi connectivity index (χ4n) is 2.29. The summed E-state index contributed by atoms with van der Waals surface area (Å²) < 4.78 is 28.2. The first-order valence-electron chi connectivity index (χ1n) is 5.92. The number of benzene rings is 2. The van der Waals surface area contributed by atoms with E-state index in [0.29, 0.717) is 22.2 Å². The van der Waals surface area contributed by atoms with Crippen molar-refractivity contribution in [3.05, 3.63) is 65.9 Å². The van der Waals surface area contributed by atoms with Crippen LogP contribution in [0, 0.1) is 11.6 Å². The maximum atomic E-state index is 13.3. The Morgan fingerprint density at radius 3 is 2.40 bits per heavy atom. The second-order valence-electron chi connectivity index (χ2n) is 4.42. The van der Waals surface area contributed by atoms with E-state index in [9.17, 15) is 13.6 Å². The molecule has 0 fully saturated rings. The first-order chi connectivity index (χ1) is 9.56. The van der Waals surface area contributed by atoms with Gasteiger partial charge >= 0.3 is 0 Å². The highest BCUT2D eigenvalue weighted by molar-refractivity contribution is 6.06. The van der Waals surface area contributed by atoms with Gasteiger partial charge in [-0.3, -0.25) is 4.79 Å². The number of hydrogen-bond acceptors (Lipinski definition) is 1. The molecule has 0 aliphatic carbocycles. The van der Waals surface area contributed by atoms with Crippen LogP contribution in [0.2, 0.25) is 0 Å². The monoisotopic (exact) mass is 272 g/mol. The number of carbonyl (C=O) groups is 1. The van der Waals surface area contributed by atoms with E-state index >= 15 is 0 Å². The van der Waals surface area contributed by atoms with Gasteiger partial charge in [-0.15, -0.1) is 0 Å². The van der Waals surface area contributed by atoms with Crippen molar-refractivity contribution < 1.29 is 13.6 Å². The molecule has 0 spiro atoms. The van der Waals surface area contributed by atoms with Gasteiger partial charge < -0.3 is 10.3 Å². The maximum Gasteiger partial charge on any atom is 0.249 e. The third kappa shape index (κ3) is 1.93. The molecule has 1 aromatic heterocycles. The second-order valence-corrected chi connectivity index (χ2v) is 4.42. The molecule has 20 heavy (non-hydrogen) atoms. The zero-order chi connectivity index (χ0) is 14.3. The minimum absolute atomic E-state index is 0.346. The number of halogens is 2. The Labute approximate surface area is 113 Å². The van der Waals surface area contributed by atoms with Crippen LogP contribution in [0.5, 0.6) is 0 Å². The lowest BCUT2D eigenvalue weighted by atomic mass is 10.1. The highest BCUT2D eigenvalue weighted by atomic mass is 19.1. The number of hydrogen-bond donors (Lipinski definition) is 1. The van der Waals surface area contributed by atoms with E-state index in [-0.39, 0.29) is 0 Å². The number of nitrogens with zero attached hydrogens (tertiary/aromatic N) is 1. The summed E-state index contributed by atoms with van der Waals surface area (Å²) in [6.45, 7) is 0. The molecule has 1 amide bonds. The first-order valence-corrected chi connectivity index (χ1v) is 5.92. The molecule has 0 unspecified atom stereocenters. The van der Waals surface area contributed by atoms with Crippen LogP contribution in [0.4, 0.5) is 8.78 Å². The summed E-state index contributed by atoms with van der Waals surface area (Å²) >= 11 is 0. The number of nitrogens with two attached hydrogens (primary N) is 1.